The Morgan fingerprint density at radius 1 is 1.60 bits per heavy atom. The fourth-order valence-electron chi connectivity index (χ4n) is 1.31. The normalized spacial score (nSPS) is 15.1. The van der Waals surface area contributed by atoms with Crippen molar-refractivity contribution in [1.29, 1.82) is 0 Å². The van der Waals surface area contributed by atoms with Gasteiger partial charge in [-0.05, 0) is 26.7 Å². The number of carbonyl (C=O) groups excluding carboxylic acids is 1. The van der Waals surface area contributed by atoms with Crippen LogP contribution in [0.25, 0.3) is 0 Å². The quantitative estimate of drug-likeness (QED) is 0.730. The molecule has 4 nitrogen and oxygen atoms in total. The second-order valence-electron chi connectivity index (χ2n) is 4.07. The molecule has 1 amide bonds. The molecule has 0 aromatic carbocycles. The van der Waals surface area contributed by atoms with Crippen LogP contribution in [0.2, 0.25) is 0 Å². The van der Waals surface area contributed by atoms with Gasteiger partial charge in [0.15, 0.2) is 0 Å². The molecule has 0 radical (unpaired) electrons. The lowest BCUT2D eigenvalue weighted by atomic mass is 10.4. The predicted octanol–water partition coefficient (Wildman–Crippen LogP) is 1.67. The van der Waals surface area contributed by atoms with Crippen molar-refractivity contribution in [1.82, 2.24) is 4.90 Å². The van der Waals surface area contributed by atoms with Gasteiger partial charge in [-0.25, -0.2) is 4.79 Å². The Morgan fingerprint density at radius 3 is 2.60 bits per heavy atom. The van der Waals surface area contributed by atoms with Crippen molar-refractivity contribution in [3.63, 3.8) is 0 Å². The van der Waals surface area contributed by atoms with Gasteiger partial charge in [0, 0.05) is 19.0 Å². The SMILES string of the molecule is CC(C)OC(=O)N(CCC(N)=S)C1CC1. The zero-order valence-electron chi connectivity index (χ0n) is 9.23. The molecule has 0 spiro atoms. The van der Waals surface area contributed by atoms with Crippen LogP contribution in [-0.2, 0) is 4.74 Å². The Labute approximate surface area is 95.8 Å². The molecule has 0 aromatic heterocycles. The summed E-state index contributed by atoms with van der Waals surface area (Å²) < 4.78 is 5.15. The number of nitrogens with two attached hydrogens (primary N) is 1. The molecule has 0 saturated heterocycles. The van der Waals surface area contributed by atoms with Gasteiger partial charge in [0.25, 0.3) is 0 Å². The topological polar surface area (TPSA) is 55.6 Å². The molecule has 5 heteroatoms. The van der Waals surface area contributed by atoms with Crippen molar-refractivity contribution in [3.05, 3.63) is 0 Å². The summed E-state index contributed by atoms with van der Waals surface area (Å²) in [6, 6.07) is 0.339. The van der Waals surface area contributed by atoms with Crippen LogP contribution < -0.4 is 5.73 Å². The summed E-state index contributed by atoms with van der Waals surface area (Å²) in [5.41, 5.74) is 5.42. The molecule has 0 aromatic rings. The van der Waals surface area contributed by atoms with Crippen molar-refractivity contribution in [2.45, 2.75) is 45.3 Å². The van der Waals surface area contributed by atoms with E-state index in [2.05, 4.69) is 0 Å². The number of nitrogens with zero attached hydrogens (tertiary/aromatic N) is 1. The highest BCUT2D eigenvalue weighted by molar-refractivity contribution is 7.80. The van der Waals surface area contributed by atoms with Crippen LogP contribution in [0.1, 0.15) is 33.1 Å². The Hall–Kier alpha value is -0.840. The molecular weight excluding hydrogens is 212 g/mol. The zero-order valence-corrected chi connectivity index (χ0v) is 10.0. The van der Waals surface area contributed by atoms with E-state index >= 15 is 0 Å². The van der Waals surface area contributed by atoms with Gasteiger partial charge < -0.3 is 15.4 Å². The highest BCUT2D eigenvalue weighted by Gasteiger charge is 2.33. The van der Waals surface area contributed by atoms with Gasteiger partial charge in [0.2, 0.25) is 0 Å². The monoisotopic (exact) mass is 230 g/mol. The maximum Gasteiger partial charge on any atom is 0.410 e. The summed E-state index contributed by atoms with van der Waals surface area (Å²) in [5.74, 6) is 0. The lowest BCUT2D eigenvalue weighted by Gasteiger charge is -2.22. The maximum absolute atomic E-state index is 11.7. The summed E-state index contributed by atoms with van der Waals surface area (Å²) >= 11 is 4.79. The number of carbonyl (C=O) groups is 1. The fraction of sp³-hybridized carbons (Fsp3) is 0.800. The van der Waals surface area contributed by atoms with Crippen LogP contribution in [0, 0.1) is 0 Å². The van der Waals surface area contributed by atoms with Crippen molar-refractivity contribution in [2.24, 2.45) is 5.73 Å². The summed E-state index contributed by atoms with van der Waals surface area (Å²) in [5, 5.41) is 0. The first-order valence-corrected chi connectivity index (χ1v) is 5.67. The van der Waals surface area contributed by atoms with Gasteiger partial charge >= 0.3 is 6.09 Å². The lowest BCUT2D eigenvalue weighted by molar-refractivity contribution is 0.0753. The maximum atomic E-state index is 11.7. The number of rotatable bonds is 5. The molecule has 15 heavy (non-hydrogen) atoms. The van der Waals surface area contributed by atoms with Crippen molar-refractivity contribution in [3.8, 4) is 0 Å². The van der Waals surface area contributed by atoms with Gasteiger partial charge in [-0.1, -0.05) is 12.2 Å². The Morgan fingerprint density at radius 2 is 2.20 bits per heavy atom. The van der Waals surface area contributed by atoms with E-state index in [1.54, 1.807) is 4.90 Å². The summed E-state index contributed by atoms with van der Waals surface area (Å²) in [4.78, 5) is 13.8. The van der Waals surface area contributed by atoms with Crippen LogP contribution >= 0.6 is 12.2 Å². The molecule has 0 aliphatic heterocycles. The van der Waals surface area contributed by atoms with E-state index in [-0.39, 0.29) is 12.2 Å². The minimum absolute atomic E-state index is 0.0800. The number of ether oxygens (including phenoxy) is 1. The number of hydrogen-bond acceptors (Lipinski definition) is 3. The lowest BCUT2D eigenvalue weighted by Crippen LogP contribution is -2.37. The Bertz CT molecular complexity index is 252. The zero-order chi connectivity index (χ0) is 11.4. The molecule has 2 N–H and O–H groups in total. The third-order valence-electron chi connectivity index (χ3n) is 2.16. The molecule has 1 aliphatic rings. The van der Waals surface area contributed by atoms with E-state index < -0.39 is 0 Å². The van der Waals surface area contributed by atoms with Gasteiger partial charge in [-0.2, -0.15) is 0 Å². The number of thiocarbonyl (C=S) groups is 1. The minimum Gasteiger partial charge on any atom is -0.447 e. The molecule has 0 unspecified atom stereocenters. The third-order valence-corrected chi connectivity index (χ3v) is 2.36. The number of hydrogen-bond donors (Lipinski definition) is 1. The molecular formula is C10H18N2O2S. The molecule has 0 bridgehead atoms. The second kappa shape index (κ2) is 5.30. The van der Waals surface area contributed by atoms with Crippen molar-refractivity contribution in [2.75, 3.05) is 6.54 Å². The second-order valence-corrected chi connectivity index (χ2v) is 4.60. The van der Waals surface area contributed by atoms with Gasteiger partial charge in [0.1, 0.15) is 0 Å². The van der Waals surface area contributed by atoms with E-state index in [0.717, 1.165) is 12.8 Å². The average Bonchev–Trinajstić information content (AvgIpc) is 2.86. The minimum atomic E-state index is -0.247. The van der Waals surface area contributed by atoms with Crippen LogP contribution in [0.4, 0.5) is 4.79 Å². The van der Waals surface area contributed by atoms with E-state index in [1.807, 2.05) is 13.8 Å². The summed E-state index contributed by atoms with van der Waals surface area (Å²) in [7, 11) is 0. The largest absolute Gasteiger partial charge is 0.447 e. The van der Waals surface area contributed by atoms with Crippen molar-refractivity contribution >= 4 is 23.3 Å². The number of amides is 1. The molecule has 1 aliphatic carbocycles. The Balaban J connectivity index is 2.42. The van der Waals surface area contributed by atoms with E-state index in [4.69, 9.17) is 22.7 Å². The highest BCUT2D eigenvalue weighted by atomic mass is 32.1. The van der Waals surface area contributed by atoms with Crippen LogP contribution in [0.15, 0.2) is 0 Å². The first-order valence-electron chi connectivity index (χ1n) is 5.26. The predicted molar refractivity (Wildman–Crippen MR) is 62.7 cm³/mol. The molecule has 1 rings (SSSR count). The first kappa shape index (κ1) is 12.2. The third kappa shape index (κ3) is 4.46. The fourth-order valence-corrected chi connectivity index (χ4v) is 1.40. The Kier molecular flexibility index (Phi) is 4.32. The van der Waals surface area contributed by atoms with Crippen molar-refractivity contribution < 1.29 is 9.53 Å². The van der Waals surface area contributed by atoms with Gasteiger partial charge in [-0.3, -0.25) is 0 Å². The van der Waals surface area contributed by atoms with E-state index in [0.29, 0.717) is 24.0 Å². The standard InChI is InChI=1S/C10H18N2O2S/c1-7(2)14-10(13)12(8-3-4-8)6-5-9(11)15/h7-8H,3-6H2,1-2H3,(H2,11,15). The van der Waals surface area contributed by atoms with E-state index in [9.17, 15) is 4.79 Å². The van der Waals surface area contributed by atoms with Crippen LogP contribution in [0.3, 0.4) is 0 Å². The van der Waals surface area contributed by atoms with Crippen LogP contribution in [0.5, 0.6) is 0 Å². The molecule has 0 atom stereocenters. The molecule has 1 saturated carbocycles. The molecule has 0 heterocycles. The molecule has 1 fully saturated rings. The van der Waals surface area contributed by atoms with Gasteiger partial charge in [0.05, 0.1) is 11.1 Å². The molecule has 86 valence electrons. The van der Waals surface area contributed by atoms with E-state index in [1.165, 1.54) is 0 Å². The van der Waals surface area contributed by atoms with Crippen LogP contribution in [-0.4, -0.2) is 34.7 Å². The first-order chi connectivity index (χ1) is 7.00. The average molecular weight is 230 g/mol. The summed E-state index contributed by atoms with van der Waals surface area (Å²) in [6.45, 7) is 4.26. The smallest absolute Gasteiger partial charge is 0.410 e. The van der Waals surface area contributed by atoms with Gasteiger partial charge in [-0.15, -0.1) is 0 Å². The highest BCUT2D eigenvalue weighted by Crippen LogP contribution is 2.27. The summed E-state index contributed by atoms with van der Waals surface area (Å²) in [6.07, 6.45) is 2.36.